The van der Waals surface area contributed by atoms with Gasteiger partial charge < -0.3 is 14.6 Å². The highest BCUT2D eigenvalue weighted by Crippen LogP contribution is 2.34. The first-order chi connectivity index (χ1) is 7.99. The first kappa shape index (κ1) is 13.1. The molecule has 0 aliphatic rings. The molecule has 0 bridgehead atoms. The molecule has 0 spiro atoms. The van der Waals surface area contributed by atoms with Crippen LogP contribution >= 0.6 is 0 Å². The number of nitrogens with one attached hydrogen (secondary N) is 1. The number of benzene rings is 1. The van der Waals surface area contributed by atoms with Crippen molar-refractivity contribution in [3.63, 3.8) is 0 Å². The Bertz CT molecular complexity index is 502. The number of rotatable bonds is 5. The molecule has 0 fully saturated rings. The van der Waals surface area contributed by atoms with Crippen molar-refractivity contribution in [2.45, 2.75) is 0 Å². The van der Waals surface area contributed by atoms with Gasteiger partial charge in [-0.3, -0.25) is 4.72 Å². The summed E-state index contributed by atoms with van der Waals surface area (Å²) in [5, 5.41) is 8.96. The van der Waals surface area contributed by atoms with Crippen molar-refractivity contribution in [2.24, 2.45) is 0 Å². The number of hydrogen-bond donors (Lipinski definition) is 3. The van der Waals surface area contributed by atoms with E-state index in [1.807, 2.05) is 0 Å². The number of carboxylic acid groups (broad SMARTS) is 1. The summed E-state index contributed by atoms with van der Waals surface area (Å²) in [6.45, 7) is 0. The van der Waals surface area contributed by atoms with Gasteiger partial charge in [-0.25, -0.2) is 13.2 Å². The Labute approximate surface area is 99.1 Å². The smallest absolute Gasteiger partial charge is 0.339 e. The number of hydrogen-bond acceptors (Lipinski definition) is 5. The lowest BCUT2D eigenvalue weighted by molar-refractivity contribution is 0.0692. The number of carboxylic acids is 1. The summed E-state index contributed by atoms with van der Waals surface area (Å²) in [6.07, 6.45) is 0. The van der Waals surface area contributed by atoms with Crippen LogP contribution in [0.3, 0.4) is 0 Å². The molecule has 0 unspecified atom stereocenters. The van der Waals surface area contributed by atoms with Crippen LogP contribution in [0, 0.1) is 0 Å². The number of methoxy groups -OCH3 is 2. The molecule has 0 aromatic heterocycles. The molecule has 0 aliphatic carbocycles. The third-order valence-electron chi connectivity index (χ3n) is 1.93. The Morgan fingerprint density at radius 2 is 1.94 bits per heavy atom. The Morgan fingerprint density at radius 1 is 1.29 bits per heavy atom. The third kappa shape index (κ3) is 3.00. The molecule has 1 aromatic carbocycles. The molecular weight excluding hydrogens is 250 g/mol. The normalized spacial score (nSPS) is 10.1. The molecule has 0 saturated carbocycles. The fourth-order valence-corrected chi connectivity index (χ4v) is 1.63. The number of ether oxygens (including phenoxy) is 2. The molecular formula is C9H11NO6S. The number of thiol groups is 1. The summed E-state index contributed by atoms with van der Waals surface area (Å²) < 4.78 is 32.9. The van der Waals surface area contributed by atoms with Crippen molar-refractivity contribution >= 4 is 22.5 Å². The molecule has 1 rings (SSSR count). The summed E-state index contributed by atoms with van der Waals surface area (Å²) in [7, 11) is -0.258. The Balaban J connectivity index is 3.39. The minimum Gasteiger partial charge on any atom is -0.493 e. The van der Waals surface area contributed by atoms with Crippen LogP contribution in [0.25, 0.3) is 0 Å². The zero-order chi connectivity index (χ0) is 13.0. The fourth-order valence-electron chi connectivity index (χ4n) is 1.29. The van der Waals surface area contributed by atoms with E-state index < -0.39 is 16.9 Å². The van der Waals surface area contributed by atoms with E-state index in [4.69, 9.17) is 14.6 Å². The summed E-state index contributed by atoms with van der Waals surface area (Å²) in [5.74, 6) is -1.08. The lowest BCUT2D eigenvalue weighted by atomic mass is 10.1. The Morgan fingerprint density at radius 3 is 2.35 bits per heavy atom. The van der Waals surface area contributed by atoms with Crippen LogP contribution in [0.2, 0.25) is 0 Å². The van der Waals surface area contributed by atoms with Crippen LogP contribution in [-0.2, 0) is 10.9 Å². The summed E-state index contributed by atoms with van der Waals surface area (Å²) in [6, 6.07) is 2.48. The molecule has 8 heteroatoms. The van der Waals surface area contributed by atoms with Crippen LogP contribution in [0.15, 0.2) is 12.1 Å². The number of anilines is 1. The average Bonchev–Trinajstić information content (AvgIpc) is 2.26. The molecule has 17 heavy (non-hydrogen) atoms. The van der Waals surface area contributed by atoms with Crippen LogP contribution in [0.4, 0.5) is 5.69 Å². The summed E-state index contributed by atoms with van der Waals surface area (Å²) >= 11 is 0. The quantitative estimate of drug-likeness (QED) is 0.661. The minimum absolute atomic E-state index is 0.0340. The van der Waals surface area contributed by atoms with Crippen molar-refractivity contribution in [1.82, 2.24) is 0 Å². The SMILES string of the molecule is COc1cc(N[SH](=O)=O)cc(C(=O)O)c1OC. The zero-order valence-electron chi connectivity index (χ0n) is 9.09. The van der Waals surface area contributed by atoms with Gasteiger partial charge in [0.15, 0.2) is 11.5 Å². The van der Waals surface area contributed by atoms with Gasteiger partial charge in [-0.2, -0.15) is 0 Å². The second-order valence-corrected chi connectivity index (χ2v) is 3.67. The van der Waals surface area contributed by atoms with E-state index in [1.54, 1.807) is 0 Å². The molecule has 1 aromatic rings. The number of aromatic carboxylic acids is 1. The molecule has 0 amide bonds. The van der Waals surface area contributed by atoms with E-state index in [0.29, 0.717) is 0 Å². The van der Waals surface area contributed by atoms with Crippen LogP contribution in [-0.4, -0.2) is 33.7 Å². The maximum atomic E-state index is 11.0. The lowest BCUT2D eigenvalue weighted by Gasteiger charge is -2.12. The standard InChI is InChI=1S/C9H11NO6S/c1-15-7-4-5(10-17(13)14)3-6(9(11)12)8(7)16-2/h3-4,17H,1-2H3,(H,11,12)(H,10,13,14). The average molecular weight is 261 g/mol. The molecule has 0 aliphatic heterocycles. The van der Waals surface area contributed by atoms with Crippen LogP contribution < -0.4 is 14.2 Å². The molecule has 0 saturated heterocycles. The highest BCUT2D eigenvalue weighted by atomic mass is 32.2. The van der Waals surface area contributed by atoms with Gasteiger partial charge in [-0.05, 0) is 6.07 Å². The second-order valence-electron chi connectivity index (χ2n) is 2.93. The van der Waals surface area contributed by atoms with E-state index in [1.165, 1.54) is 20.3 Å². The molecule has 2 N–H and O–H groups in total. The van der Waals surface area contributed by atoms with E-state index in [-0.39, 0.29) is 22.7 Å². The van der Waals surface area contributed by atoms with E-state index in [2.05, 4.69) is 4.72 Å². The van der Waals surface area contributed by atoms with E-state index in [0.717, 1.165) is 6.07 Å². The maximum Gasteiger partial charge on any atom is 0.339 e. The molecule has 0 heterocycles. The van der Waals surface area contributed by atoms with Crippen molar-refractivity contribution in [2.75, 3.05) is 18.9 Å². The van der Waals surface area contributed by atoms with Gasteiger partial charge in [-0.15, -0.1) is 0 Å². The first-order valence-corrected chi connectivity index (χ1v) is 5.57. The molecule has 0 atom stereocenters. The Kier molecular flexibility index (Phi) is 4.16. The second kappa shape index (κ2) is 5.39. The Hall–Kier alpha value is -1.96. The first-order valence-electron chi connectivity index (χ1n) is 4.40. The van der Waals surface area contributed by atoms with Gasteiger partial charge in [0, 0.05) is 6.07 Å². The van der Waals surface area contributed by atoms with Crippen molar-refractivity contribution < 1.29 is 27.8 Å². The van der Waals surface area contributed by atoms with Crippen molar-refractivity contribution in [1.29, 1.82) is 0 Å². The highest BCUT2D eigenvalue weighted by molar-refractivity contribution is 7.73. The van der Waals surface area contributed by atoms with Crippen LogP contribution in [0.1, 0.15) is 10.4 Å². The van der Waals surface area contributed by atoms with Gasteiger partial charge in [0.1, 0.15) is 5.56 Å². The van der Waals surface area contributed by atoms with Gasteiger partial charge in [0.05, 0.1) is 19.9 Å². The topological polar surface area (TPSA) is 102 Å². The predicted molar refractivity (Wildman–Crippen MR) is 60.4 cm³/mol. The summed E-state index contributed by atoms with van der Waals surface area (Å²) in [5.41, 5.74) is -0.0950. The highest BCUT2D eigenvalue weighted by Gasteiger charge is 2.17. The zero-order valence-corrected chi connectivity index (χ0v) is 9.98. The van der Waals surface area contributed by atoms with E-state index >= 15 is 0 Å². The maximum absolute atomic E-state index is 11.0. The monoisotopic (exact) mass is 261 g/mol. The van der Waals surface area contributed by atoms with Gasteiger partial charge in [-0.1, -0.05) is 0 Å². The lowest BCUT2D eigenvalue weighted by Crippen LogP contribution is -2.05. The molecule has 0 radical (unpaired) electrons. The van der Waals surface area contributed by atoms with Gasteiger partial charge in [0.25, 0.3) is 0 Å². The largest absolute Gasteiger partial charge is 0.493 e. The van der Waals surface area contributed by atoms with Crippen molar-refractivity contribution in [3.05, 3.63) is 17.7 Å². The van der Waals surface area contributed by atoms with E-state index in [9.17, 15) is 13.2 Å². The minimum atomic E-state index is -2.88. The van der Waals surface area contributed by atoms with Gasteiger partial charge in [0.2, 0.25) is 10.9 Å². The fraction of sp³-hybridized carbons (Fsp3) is 0.222. The predicted octanol–water partition coefficient (Wildman–Crippen LogP) is 0.340. The van der Waals surface area contributed by atoms with Crippen LogP contribution in [0.5, 0.6) is 11.5 Å². The van der Waals surface area contributed by atoms with Gasteiger partial charge >= 0.3 is 5.97 Å². The van der Waals surface area contributed by atoms with Crippen molar-refractivity contribution in [3.8, 4) is 11.5 Å². The number of carbonyl (C=O) groups is 1. The molecule has 7 nitrogen and oxygen atoms in total. The summed E-state index contributed by atoms with van der Waals surface area (Å²) in [4.78, 5) is 11.0. The third-order valence-corrected chi connectivity index (χ3v) is 2.37. The molecule has 94 valence electrons.